The van der Waals surface area contributed by atoms with Crippen LogP contribution in [-0.4, -0.2) is 9.13 Å². The van der Waals surface area contributed by atoms with Crippen molar-refractivity contribution in [2.24, 2.45) is 0 Å². The zero-order chi connectivity index (χ0) is 29.0. The molecular weight excluding hydrogens is 532 g/mol. The fourth-order valence-corrected chi connectivity index (χ4v) is 7.17. The van der Waals surface area contributed by atoms with Gasteiger partial charge in [0.25, 0.3) is 0 Å². The molecule has 208 valence electrons. The first-order chi connectivity index (χ1) is 21.8. The van der Waals surface area contributed by atoms with Crippen LogP contribution < -0.4 is 0 Å². The van der Waals surface area contributed by atoms with Crippen molar-refractivity contribution < 1.29 is 0 Å². The van der Waals surface area contributed by atoms with Crippen molar-refractivity contribution in [3.05, 3.63) is 169 Å². The lowest BCUT2D eigenvalue weighted by atomic mass is 9.89. The SMILES string of the molecule is C1=C(c2ccc3c(c2)c2ccccc2n3-c2ccccc2)CCC(c2ccc3c(c2)c2ccccc2n3-c2ccccc2)=C1. The Morgan fingerprint density at radius 1 is 0.341 bits per heavy atom. The van der Waals surface area contributed by atoms with E-state index in [-0.39, 0.29) is 0 Å². The maximum Gasteiger partial charge on any atom is 0.0541 e. The van der Waals surface area contributed by atoms with Gasteiger partial charge in [-0.25, -0.2) is 0 Å². The van der Waals surface area contributed by atoms with E-state index >= 15 is 0 Å². The molecule has 0 radical (unpaired) electrons. The lowest BCUT2D eigenvalue weighted by molar-refractivity contribution is 1.07. The predicted octanol–water partition coefficient (Wildman–Crippen LogP) is 11.1. The highest BCUT2D eigenvalue weighted by atomic mass is 15.0. The fourth-order valence-electron chi connectivity index (χ4n) is 7.17. The molecule has 1 aliphatic carbocycles. The Morgan fingerprint density at radius 3 is 1.16 bits per heavy atom. The van der Waals surface area contributed by atoms with Gasteiger partial charge < -0.3 is 9.13 Å². The van der Waals surface area contributed by atoms with Crippen molar-refractivity contribution in [1.29, 1.82) is 0 Å². The Balaban J connectivity index is 1.12. The summed E-state index contributed by atoms with van der Waals surface area (Å²) in [5.74, 6) is 0. The Kier molecular flexibility index (Phi) is 5.67. The minimum absolute atomic E-state index is 1.03. The molecule has 0 saturated carbocycles. The summed E-state index contributed by atoms with van der Waals surface area (Å²) in [6.07, 6.45) is 6.73. The van der Waals surface area contributed by atoms with Crippen LogP contribution in [0.5, 0.6) is 0 Å². The largest absolute Gasteiger partial charge is 0.309 e. The van der Waals surface area contributed by atoms with Crippen LogP contribution in [0.15, 0.2) is 158 Å². The molecule has 0 spiro atoms. The van der Waals surface area contributed by atoms with Crippen LogP contribution in [-0.2, 0) is 0 Å². The molecule has 6 aromatic carbocycles. The van der Waals surface area contributed by atoms with E-state index in [9.17, 15) is 0 Å². The Labute approximate surface area is 256 Å². The molecule has 0 saturated heterocycles. The highest BCUT2D eigenvalue weighted by Gasteiger charge is 2.17. The molecule has 0 amide bonds. The lowest BCUT2D eigenvalue weighted by Crippen LogP contribution is -1.96. The zero-order valence-corrected chi connectivity index (χ0v) is 24.3. The summed E-state index contributed by atoms with van der Waals surface area (Å²) in [5, 5.41) is 5.20. The second-order valence-corrected chi connectivity index (χ2v) is 11.7. The number of para-hydroxylation sites is 4. The van der Waals surface area contributed by atoms with Crippen LogP contribution in [0.1, 0.15) is 24.0 Å². The number of benzene rings is 6. The third-order valence-electron chi connectivity index (χ3n) is 9.26. The van der Waals surface area contributed by atoms with E-state index in [1.165, 1.54) is 77.3 Å². The minimum Gasteiger partial charge on any atom is -0.309 e. The Hall–Kier alpha value is -5.60. The Morgan fingerprint density at radius 2 is 0.727 bits per heavy atom. The van der Waals surface area contributed by atoms with Gasteiger partial charge in [-0.05, 0) is 95.8 Å². The molecule has 0 N–H and O–H groups in total. The monoisotopic (exact) mass is 562 g/mol. The molecule has 44 heavy (non-hydrogen) atoms. The number of rotatable bonds is 4. The summed E-state index contributed by atoms with van der Waals surface area (Å²) in [6.45, 7) is 0. The third kappa shape index (κ3) is 3.88. The smallest absolute Gasteiger partial charge is 0.0541 e. The zero-order valence-electron chi connectivity index (χ0n) is 24.3. The van der Waals surface area contributed by atoms with E-state index in [1.807, 2.05) is 0 Å². The summed E-state index contributed by atoms with van der Waals surface area (Å²) in [6, 6.07) is 52.9. The molecule has 0 fully saturated rings. The van der Waals surface area contributed by atoms with Crippen molar-refractivity contribution in [3.63, 3.8) is 0 Å². The van der Waals surface area contributed by atoms with Crippen molar-refractivity contribution in [2.45, 2.75) is 12.8 Å². The van der Waals surface area contributed by atoms with Crippen molar-refractivity contribution in [3.8, 4) is 11.4 Å². The summed E-state index contributed by atoms with van der Waals surface area (Å²) < 4.78 is 4.76. The van der Waals surface area contributed by atoms with Gasteiger partial charge >= 0.3 is 0 Å². The van der Waals surface area contributed by atoms with Crippen LogP contribution in [0, 0.1) is 0 Å². The summed E-state index contributed by atoms with van der Waals surface area (Å²) >= 11 is 0. The maximum absolute atomic E-state index is 2.40. The first-order valence-electron chi connectivity index (χ1n) is 15.4. The molecule has 0 atom stereocenters. The Bertz CT molecular complexity index is 2240. The average molecular weight is 563 g/mol. The van der Waals surface area contributed by atoms with Crippen molar-refractivity contribution in [2.75, 3.05) is 0 Å². The van der Waals surface area contributed by atoms with Crippen LogP contribution in [0.2, 0.25) is 0 Å². The van der Waals surface area contributed by atoms with Gasteiger partial charge in [0.1, 0.15) is 0 Å². The second-order valence-electron chi connectivity index (χ2n) is 11.7. The number of hydrogen-bond donors (Lipinski definition) is 0. The molecular formula is C42H30N2. The molecule has 2 aromatic heterocycles. The standard InChI is InChI=1S/C42H30N2/c1-3-11-33(12-4-1)43-39-17-9-7-15-35(39)37-27-31(23-25-41(37)43)29-19-21-30(22-20-29)32-24-26-42-38(28-32)36-16-8-10-18-40(36)44(42)34-13-5-2-6-14-34/h1-19,21,23-28H,20,22H2. The third-order valence-corrected chi connectivity index (χ3v) is 9.26. The predicted molar refractivity (Wildman–Crippen MR) is 187 cm³/mol. The van der Waals surface area contributed by atoms with Gasteiger partial charge in [0.2, 0.25) is 0 Å². The number of allylic oxidation sites excluding steroid dienone is 4. The molecule has 9 rings (SSSR count). The van der Waals surface area contributed by atoms with E-state index < -0.39 is 0 Å². The maximum atomic E-state index is 2.40. The van der Waals surface area contributed by atoms with Gasteiger partial charge in [0.15, 0.2) is 0 Å². The van der Waals surface area contributed by atoms with Crippen molar-refractivity contribution >= 4 is 54.8 Å². The molecule has 0 bridgehead atoms. The van der Waals surface area contributed by atoms with Crippen molar-refractivity contribution in [1.82, 2.24) is 9.13 Å². The first kappa shape index (κ1) is 24.9. The quantitative estimate of drug-likeness (QED) is 0.202. The van der Waals surface area contributed by atoms with Crippen LogP contribution >= 0.6 is 0 Å². The highest BCUT2D eigenvalue weighted by molar-refractivity contribution is 6.11. The van der Waals surface area contributed by atoms with Gasteiger partial charge in [-0.1, -0.05) is 97.1 Å². The lowest BCUT2D eigenvalue weighted by Gasteiger charge is -2.16. The van der Waals surface area contributed by atoms with E-state index in [1.54, 1.807) is 0 Å². The van der Waals surface area contributed by atoms with Crippen LogP contribution in [0.25, 0.3) is 66.1 Å². The van der Waals surface area contributed by atoms with Crippen LogP contribution in [0.4, 0.5) is 0 Å². The molecule has 1 aliphatic rings. The van der Waals surface area contributed by atoms with E-state index in [0.717, 1.165) is 12.8 Å². The number of aromatic nitrogens is 2. The number of fused-ring (bicyclic) bond motifs is 6. The van der Waals surface area contributed by atoms with E-state index in [0.29, 0.717) is 0 Å². The summed E-state index contributed by atoms with van der Waals surface area (Å²) in [4.78, 5) is 0. The number of hydrogen-bond acceptors (Lipinski definition) is 0. The first-order valence-corrected chi connectivity index (χ1v) is 15.4. The molecule has 0 unspecified atom stereocenters. The van der Waals surface area contributed by atoms with Gasteiger partial charge in [0.05, 0.1) is 22.1 Å². The van der Waals surface area contributed by atoms with Crippen LogP contribution in [0.3, 0.4) is 0 Å². The molecule has 2 heterocycles. The van der Waals surface area contributed by atoms with E-state index in [2.05, 4.69) is 167 Å². The summed E-state index contributed by atoms with van der Waals surface area (Å²) in [7, 11) is 0. The average Bonchev–Trinajstić information content (AvgIpc) is 3.61. The topological polar surface area (TPSA) is 9.86 Å². The minimum atomic E-state index is 1.03. The molecule has 8 aromatic rings. The molecule has 0 aliphatic heterocycles. The molecule has 2 nitrogen and oxygen atoms in total. The number of nitrogens with zero attached hydrogens (tertiary/aromatic N) is 2. The van der Waals surface area contributed by atoms with Gasteiger partial charge in [0, 0.05) is 32.9 Å². The van der Waals surface area contributed by atoms with E-state index in [4.69, 9.17) is 0 Å². The highest BCUT2D eigenvalue weighted by Crippen LogP contribution is 2.39. The summed E-state index contributed by atoms with van der Waals surface area (Å²) in [5.41, 5.74) is 12.8. The van der Waals surface area contributed by atoms with Gasteiger partial charge in [-0.2, -0.15) is 0 Å². The van der Waals surface area contributed by atoms with Gasteiger partial charge in [-0.3, -0.25) is 0 Å². The van der Waals surface area contributed by atoms with Gasteiger partial charge in [-0.15, -0.1) is 0 Å². The normalized spacial score (nSPS) is 13.5. The molecule has 2 heteroatoms. The fraction of sp³-hybridized carbons (Fsp3) is 0.0476. The second kappa shape index (κ2) is 10.00.